The zero-order valence-electron chi connectivity index (χ0n) is 36.8. The van der Waals surface area contributed by atoms with Crippen molar-refractivity contribution in [1.29, 1.82) is 0 Å². The van der Waals surface area contributed by atoms with Crippen LogP contribution in [-0.2, 0) is 14.2 Å². The van der Waals surface area contributed by atoms with Gasteiger partial charge in [0.05, 0.1) is 0 Å². The number of rotatable bonds is 34. The molecule has 5 heteroatoms. The summed E-state index contributed by atoms with van der Waals surface area (Å²) in [6.45, 7) is 34.9. The zero-order valence-corrected chi connectivity index (χ0v) is 41.1. The summed E-state index contributed by atoms with van der Waals surface area (Å²) in [6.07, 6.45) is 20.0. The van der Waals surface area contributed by atoms with Gasteiger partial charge in [-0.3, -0.25) is 0 Å². The SMILES string of the molecule is CCOC(CCCC(C)CC(C)CC(C)CC(C)CC(C)CC(C)I)OC(CCCC(C)CC(C)CC(C)CC(C)CC(C)CC(C)I)OCC. The van der Waals surface area contributed by atoms with Crippen LogP contribution in [0, 0.1) is 59.2 Å². The molecule has 308 valence electrons. The Morgan fingerprint density at radius 2 is 0.569 bits per heavy atom. The molecule has 0 aromatic rings. The molecule has 14 atom stereocenters. The van der Waals surface area contributed by atoms with E-state index >= 15 is 0 Å². The molecule has 3 nitrogen and oxygen atoms in total. The molecule has 0 fully saturated rings. The maximum absolute atomic E-state index is 6.49. The Hall–Kier alpha value is 1.34. The van der Waals surface area contributed by atoms with E-state index in [0.717, 1.165) is 92.7 Å². The summed E-state index contributed by atoms with van der Waals surface area (Å²) >= 11 is 5.16. The molecular formula is C46H92I2O3. The minimum absolute atomic E-state index is 0.162. The van der Waals surface area contributed by atoms with Crippen LogP contribution in [0.15, 0.2) is 0 Å². The van der Waals surface area contributed by atoms with E-state index in [1.54, 1.807) is 0 Å². The van der Waals surface area contributed by atoms with Gasteiger partial charge in [0.15, 0.2) is 12.6 Å². The molecule has 0 saturated carbocycles. The van der Waals surface area contributed by atoms with E-state index in [-0.39, 0.29) is 12.6 Å². The van der Waals surface area contributed by atoms with E-state index in [0.29, 0.717) is 13.2 Å². The van der Waals surface area contributed by atoms with Gasteiger partial charge in [-0.15, -0.1) is 0 Å². The minimum Gasteiger partial charge on any atom is -0.353 e. The van der Waals surface area contributed by atoms with Crippen LogP contribution >= 0.6 is 45.2 Å². The third-order valence-corrected chi connectivity index (χ3v) is 12.2. The minimum atomic E-state index is -0.162. The topological polar surface area (TPSA) is 27.7 Å². The quantitative estimate of drug-likeness (QED) is 0.0365. The highest BCUT2D eigenvalue weighted by Gasteiger charge is 2.21. The average Bonchev–Trinajstić information content (AvgIpc) is 2.95. The average molecular weight is 947 g/mol. The number of alkyl halides is 2. The van der Waals surface area contributed by atoms with Crippen LogP contribution in [0.1, 0.15) is 200 Å². The van der Waals surface area contributed by atoms with Gasteiger partial charge < -0.3 is 14.2 Å². The lowest BCUT2D eigenvalue weighted by Crippen LogP contribution is -2.27. The summed E-state index contributed by atoms with van der Waals surface area (Å²) in [5.41, 5.74) is 0. The first-order valence-corrected chi connectivity index (χ1v) is 24.6. The van der Waals surface area contributed by atoms with Crippen LogP contribution < -0.4 is 0 Å². The Morgan fingerprint density at radius 3 is 0.804 bits per heavy atom. The summed E-state index contributed by atoms with van der Waals surface area (Å²) in [5, 5.41) is 0. The van der Waals surface area contributed by atoms with Crippen molar-refractivity contribution in [3.63, 3.8) is 0 Å². The Labute approximate surface area is 349 Å². The van der Waals surface area contributed by atoms with Gasteiger partial charge in [0.2, 0.25) is 0 Å². The second-order valence-electron chi connectivity index (χ2n) is 18.7. The number of hydrogen-bond donors (Lipinski definition) is 0. The molecule has 0 radical (unpaired) electrons. The molecule has 0 aliphatic carbocycles. The molecule has 0 aromatic heterocycles. The Balaban J connectivity index is 4.53. The maximum Gasteiger partial charge on any atom is 0.160 e. The molecule has 14 unspecified atom stereocenters. The van der Waals surface area contributed by atoms with Gasteiger partial charge in [-0.2, -0.15) is 0 Å². The smallest absolute Gasteiger partial charge is 0.160 e. The lowest BCUT2D eigenvalue weighted by atomic mass is 9.82. The fourth-order valence-electron chi connectivity index (χ4n) is 9.80. The van der Waals surface area contributed by atoms with Crippen molar-refractivity contribution in [2.45, 2.75) is 220 Å². The predicted molar refractivity (Wildman–Crippen MR) is 244 cm³/mol. The molecule has 0 aliphatic rings. The van der Waals surface area contributed by atoms with Crippen LogP contribution in [0.4, 0.5) is 0 Å². The largest absolute Gasteiger partial charge is 0.353 e. The molecule has 0 spiro atoms. The highest BCUT2D eigenvalue weighted by molar-refractivity contribution is 14.1. The first kappa shape index (κ1) is 52.3. The molecule has 0 heterocycles. The molecule has 0 N–H and O–H groups in total. The standard InChI is InChI=1S/C46H92I2O3/c1-15-49-45(21-17-19-33(3)23-35(5)25-37(7)27-39(9)29-41(11)31-43(13)47)51-46(50-16-2)22-18-20-34(4)24-36(6)26-38(8)28-40(10)30-42(12)32-44(14)48/h33-46H,15-32H2,1-14H3. The van der Waals surface area contributed by atoms with E-state index in [4.69, 9.17) is 14.2 Å². The van der Waals surface area contributed by atoms with E-state index in [1.807, 2.05) is 0 Å². The van der Waals surface area contributed by atoms with E-state index in [2.05, 4.69) is 142 Å². The zero-order chi connectivity index (χ0) is 38.9. The van der Waals surface area contributed by atoms with Crippen molar-refractivity contribution in [3.05, 3.63) is 0 Å². The van der Waals surface area contributed by atoms with Crippen molar-refractivity contribution < 1.29 is 14.2 Å². The summed E-state index contributed by atoms with van der Waals surface area (Å²) < 4.78 is 20.3. The van der Waals surface area contributed by atoms with Crippen LogP contribution in [-0.4, -0.2) is 33.6 Å². The van der Waals surface area contributed by atoms with Gasteiger partial charge in [0, 0.05) is 21.1 Å². The molecule has 0 aliphatic heterocycles. The third-order valence-electron chi connectivity index (χ3n) is 11.2. The highest BCUT2D eigenvalue weighted by atomic mass is 127. The van der Waals surface area contributed by atoms with Crippen LogP contribution in [0.3, 0.4) is 0 Å². The first-order chi connectivity index (χ1) is 23.9. The van der Waals surface area contributed by atoms with Crippen LogP contribution in [0.2, 0.25) is 0 Å². The summed E-state index contributed by atoms with van der Waals surface area (Å²) in [4.78, 5) is 0. The molecule has 0 aromatic carbocycles. The monoisotopic (exact) mass is 947 g/mol. The van der Waals surface area contributed by atoms with E-state index in [9.17, 15) is 0 Å². The normalized spacial score (nSPS) is 20.7. The molecule has 0 rings (SSSR count). The Morgan fingerprint density at radius 1 is 0.333 bits per heavy atom. The fraction of sp³-hybridized carbons (Fsp3) is 1.00. The van der Waals surface area contributed by atoms with Crippen molar-refractivity contribution in [2.75, 3.05) is 13.2 Å². The van der Waals surface area contributed by atoms with Crippen LogP contribution in [0.25, 0.3) is 0 Å². The first-order valence-electron chi connectivity index (χ1n) is 22.1. The second-order valence-corrected chi connectivity index (χ2v) is 23.0. The lowest BCUT2D eigenvalue weighted by molar-refractivity contribution is -0.247. The summed E-state index contributed by atoms with van der Waals surface area (Å²) in [5.74, 6) is 8.08. The van der Waals surface area contributed by atoms with Gasteiger partial charge >= 0.3 is 0 Å². The molecular weight excluding hydrogens is 854 g/mol. The summed E-state index contributed by atoms with van der Waals surface area (Å²) in [7, 11) is 0. The predicted octanol–water partition coefficient (Wildman–Crippen LogP) is 16.0. The second kappa shape index (κ2) is 31.4. The molecule has 0 amide bonds. The van der Waals surface area contributed by atoms with E-state index < -0.39 is 0 Å². The van der Waals surface area contributed by atoms with E-state index in [1.165, 1.54) is 77.0 Å². The van der Waals surface area contributed by atoms with Crippen LogP contribution in [0.5, 0.6) is 0 Å². The van der Waals surface area contributed by atoms with Crippen molar-refractivity contribution in [3.8, 4) is 0 Å². The molecule has 51 heavy (non-hydrogen) atoms. The van der Waals surface area contributed by atoms with Gasteiger partial charge in [-0.05, 0) is 163 Å². The molecule has 0 bridgehead atoms. The fourth-order valence-corrected chi connectivity index (χ4v) is 11.5. The van der Waals surface area contributed by atoms with Crippen molar-refractivity contribution >= 4 is 45.2 Å². The van der Waals surface area contributed by atoms with Crippen molar-refractivity contribution in [2.24, 2.45) is 59.2 Å². The number of halogens is 2. The molecule has 0 saturated heterocycles. The van der Waals surface area contributed by atoms with Crippen molar-refractivity contribution in [1.82, 2.24) is 0 Å². The van der Waals surface area contributed by atoms with Gasteiger partial charge in [-0.25, -0.2) is 0 Å². The number of hydrogen-bond acceptors (Lipinski definition) is 3. The van der Waals surface area contributed by atoms with Gasteiger partial charge in [0.25, 0.3) is 0 Å². The third kappa shape index (κ3) is 31.2. The Kier molecular flexibility index (Phi) is 32.3. The summed E-state index contributed by atoms with van der Waals surface area (Å²) in [6, 6.07) is 0. The van der Waals surface area contributed by atoms with Gasteiger partial charge in [0.1, 0.15) is 0 Å². The number of ether oxygens (including phenoxy) is 3. The van der Waals surface area contributed by atoms with Gasteiger partial charge in [-0.1, -0.05) is 141 Å². The highest BCUT2D eigenvalue weighted by Crippen LogP contribution is 2.31. The Bertz CT molecular complexity index is 716. The lowest BCUT2D eigenvalue weighted by Gasteiger charge is -2.26. The maximum atomic E-state index is 6.49.